The number of likely N-dealkylation sites (N-methyl/N-ethyl adjacent to an activating group) is 1. The second-order valence-electron chi connectivity index (χ2n) is 6.68. The maximum atomic E-state index is 12.3. The molecule has 2 atom stereocenters. The Morgan fingerprint density at radius 3 is 2.70 bits per heavy atom. The van der Waals surface area contributed by atoms with Crippen LogP contribution in [0.2, 0.25) is 0 Å². The third kappa shape index (κ3) is 2.84. The lowest BCUT2D eigenvalue weighted by Crippen LogP contribution is -2.62. The number of benzene rings is 1. The average Bonchev–Trinajstić information content (AvgIpc) is 3.16. The van der Waals surface area contributed by atoms with Gasteiger partial charge in [-0.3, -0.25) is 10.1 Å². The number of anilines is 1. The van der Waals surface area contributed by atoms with Crippen LogP contribution in [0.4, 0.5) is 10.5 Å². The first-order valence-corrected chi connectivity index (χ1v) is 8.77. The van der Waals surface area contributed by atoms with Crippen molar-refractivity contribution in [2.24, 2.45) is 4.99 Å². The number of nitrogens with zero attached hydrogens (tertiary/aromatic N) is 4. The second-order valence-corrected chi connectivity index (χ2v) is 6.68. The molecule has 0 aromatic heterocycles. The molecule has 1 saturated heterocycles. The van der Waals surface area contributed by atoms with E-state index in [9.17, 15) is 9.59 Å². The van der Waals surface area contributed by atoms with Gasteiger partial charge in [-0.1, -0.05) is 0 Å². The highest BCUT2D eigenvalue weighted by atomic mass is 16.5. The van der Waals surface area contributed by atoms with E-state index in [1.807, 2.05) is 42.3 Å². The number of fused-ring (bicyclic) bond motifs is 3. The van der Waals surface area contributed by atoms with Gasteiger partial charge in [0.15, 0.2) is 12.2 Å². The number of carbonyl (C=O) groups excluding carboxylic acids is 2. The first kappa shape index (κ1) is 17.2. The zero-order chi connectivity index (χ0) is 19.1. The summed E-state index contributed by atoms with van der Waals surface area (Å²) < 4.78 is 5.16. The van der Waals surface area contributed by atoms with Crippen molar-refractivity contribution in [2.75, 3.05) is 32.6 Å². The van der Waals surface area contributed by atoms with Gasteiger partial charge < -0.3 is 24.8 Å². The molecule has 1 aromatic carbocycles. The fourth-order valence-electron chi connectivity index (χ4n) is 3.54. The summed E-state index contributed by atoms with van der Waals surface area (Å²) in [5, 5.41) is 5.75. The summed E-state index contributed by atoms with van der Waals surface area (Å²) in [6, 6.07) is 6.80. The van der Waals surface area contributed by atoms with Crippen molar-refractivity contribution in [1.82, 2.24) is 20.0 Å². The largest absolute Gasteiger partial charge is 0.497 e. The predicted octanol–water partition coefficient (Wildman–Crippen LogP) is 0.832. The quantitative estimate of drug-likeness (QED) is 0.798. The fraction of sp³-hybridized carbons (Fsp3) is 0.389. The molecule has 0 saturated carbocycles. The number of imide groups is 1. The third-order valence-electron chi connectivity index (χ3n) is 5.02. The summed E-state index contributed by atoms with van der Waals surface area (Å²) in [4.78, 5) is 34.2. The highest BCUT2D eigenvalue weighted by molar-refractivity contribution is 6.04. The van der Waals surface area contributed by atoms with E-state index in [1.165, 1.54) is 4.90 Å². The molecule has 3 heterocycles. The number of methoxy groups -OCH3 is 1. The molecule has 0 aliphatic carbocycles. The van der Waals surface area contributed by atoms with Crippen molar-refractivity contribution >= 4 is 23.6 Å². The van der Waals surface area contributed by atoms with E-state index in [0.29, 0.717) is 19.0 Å². The summed E-state index contributed by atoms with van der Waals surface area (Å²) in [5.74, 6) is 1.20. The van der Waals surface area contributed by atoms with Gasteiger partial charge in [-0.15, -0.1) is 0 Å². The standard InChI is InChI=1S/C18H22N6O3/c1-11-10-24-14-15(22(2)18(26)21-16(14)25)20-17(24)23(11)9-8-19-12-4-6-13(27-3)7-5-12/h4-7,10,14-15,19H,8-9H2,1-3H3,(H,21,25,26). The number of allylic oxidation sites excluding steroid dienone is 1. The van der Waals surface area contributed by atoms with E-state index in [-0.39, 0.29) is 5.91 Å². The van der Waals surface area contributed by atoms with Crippen LogP contribution in [0, 0.1) is 0 Å². The van der Waals surface area contributed by atoms with Crippen LogP contribution in [0.25, 0.3) is 0 Å². The zero-order valence-electron chi connectivity index (χ0n) is 15.5. The summed E-state index contributed by atoms with van der Waals surface area (Å²) in [6.45, 7) is 3.36. The molecule has 4 rings (SSSR count). The van der Waals surface area contributed by atoms with Gasteiger partial charge >= 0.3 is 6.03 Å². The second kappa shape index (κ2) is 6.49. The lowest BCUT2D eigenvalue weighted by Gasteiger charge is -2.34. The van der Waals surface area contributed by atoms with Crippen LogP contribution in [-0.2, 0) is 4.79 Å². The van der Waals surface area contributed by atoms with Crippen molar-refractivity contribution < 1.29 is 14.3 Å². The van der Waals surface area contributed by atoms with Gasteiger partial charge in [-0.05, 0) is 31.2 Å². The topological polar surface area (TPSA) is 89.5 Å². The summed E-state index contributed by atoms with van der Waals surface area (Å²) >= 11 is 0. The number of nitrogens with one attached hydrogen (secondary N) is 2. The van der Waals surface area contributed by atoms with Crippen LogP contribution < -0.4 is 15.4 Å². The van der Waals surface area contributed by atoms with Crippen molar-refractivity contribution in [1.29, 1.82) is 0 Å². The third-order valence-corrected chi connectivity index (χ3v) is 5.02. The van der Waals surface area contributed by atoms with E-state index in [4.69, 9.17) is 4.74 Å². The Bertz CT molecular complexity index is 834. The number of rotatable bonds is 5. The predicted molar refractivity (Wildman–Crippen MR) is 100 cm³/mol. The van der Waals surface area contributed by atoms with Gasteiger partial charge in [0.05, 0.1) is 7.11 Å². The highest BCUT2D eigenvalue weighted by Gasteiger charge is 2.51. The molecule has 1 aromatic rings. The smallest absolute Gasteiger partial charge is 0.325 e. The van der Waals surface area contributed by atoms with Crippen molar-refractivity contribution in [3.63, 3.8) is 0 Å². The Labute approximate surface area is 157 Å². The lowest BCUT2D eigenvalue weighted by molar-refractivity contribution is -0.126. The molecule has 3 amide bonds. The number of hydrogen-bond acceptors (Lipinski definition) is 7. The van der Waals surface area contributed by atoms with E-state index in [2.05, 4.69) is 20.5 Å². The van der Waals surface area contributed by atoms with Crippen LogP contribution in [0.5, 0.6) is 5.75 Å². The molecule has 2 unspecified atom stereocenters. The van der Waals surface area contributed by atoms with Crippen LogP contribution in [0.1, 0.15) is 6.92 Å². The highest BCUT2D eigenvalue weighted by Crippen LogP contribution is 2.31. The van der Waals surface area contributed by atoms with E-state index in [0.717, 1.165) is 17.1 Å². The fourth-order valence-corrected chi connectivity index (χ4v) is 3.54. The van der Waals surface area contributed by atoms with Crippen LogP contribution in [-0.4, -0.2) is 72.1 Å². The first-order chi connectivity index (χ1) is 13.0. The number of hydrogen-bond donors (Lipinski definition) is 2. The molecule has 0 radical (unpaired) electrons. The monoisotopic (exact) mass is 370 g/mol. The maximum Gasteiger partial charge on any atom is 0.325 e. The Hall–Kier alpha value is -3.23. The lowest BCUT2D eigenvalue weighted by atomic mass is 10.1. The number of amides is 3. The van der Waals surface area contributed by atoms with Gasteiger partial charge in [0.2, 0.25) is 5.96 Å². The van der Waals surface area contributed by atoms with Crippen LogP contribution in [0.15, 0.2) is 41.2 Å². The molecular formula is C18H22N6O3. The minimum Gasteiger partial charge on any atom is -0.497 e. The minimum atomic E-state index is -0.516. The Kier molecular flexibility index (Phi) is 4.14. The number of aliphatic imine (C=N–C) groups is 1. The molecule has 2 N–H and O–H groups in total. The summed E-state index contributed by atoms with van der Waals surface area (Å²) in [6.07, 6.45) is 1.42. The molecule has 27 heavy (non-hydrogen) atoms. The van der Waals surface area contributed by atoms with Gasteiger partial charge in [0.25, 0.3) is 5.91 Å². The molecule has 0 spiro atoms. The molecule has 9 heteroatoms. The van der Waals surface area contributed by atoms with Crippen LogP contribution >= 0.6 is 0 Å². The molecule has 142 valence electrons. The molecule has 0 bridgehead atoms. The SMILES string of the molecule is COc1ccc(NCCN2C(C)=CN3C2=NC2C3C(=O)NC(=O)N2C)cc1. The van der Waals surface area contributed by atoms with Crippen molar-refractivity contribution in [2.45, 2.75) is 19.1 Å². The maximum absolute atomic E-state index is 12.3. The van der Waals surface area contributed by atoms with Crippen LogP contribution in [0.3, 0.4) is 0 Å². The Balaban J connectivity index is 1.44. The molecule has 1 fully saturated rings. The number of carbonyl (C=O) groups is 2. The Morgan fingerprint density at radius 1 is 1.26 bits per heavy atom. The van der Waals surface area contributed by atoms with E-state index < -0.39 is 18.2 Å². The number of ether oxygens (including phenoxy) is 1. The normalized spacial score (nSPS) is 23.6. The minimum absolute atomic E-state index is 0.316. The van der Waals surface area contributed by atoms with Gasteiger partial charge in [-0.2, -0.15) is 0 Å². The molecular weight excluding hydrogens is 348 g/mol. The number of urea groups is 1. The van der Waals surface area contributed by atoms with E-state index >= 15 is 0 Å². The van der Waals surface area contributed by atoms with Crippen molar-refractivity contribution in [3.05, 3.63) is 36.2 Å². The summed E-state index contributed by atoms with van der Waals surface area (Å²) in [7, 11) is 3.29. The zero-order valence-corrected chi connectivity index (χ0v) is 15.5. The average molecular weight is 370 g/mol. The Morgan fingerprint density at radius 2 is 2.00 bits per heavy atom. The first-order valence-electron chi connectivity index (χ1n) is 8.77. The van der Waals surface area contributed by atoms with E-state index in [1.54, 1.807) is 14.2 Å². The number of guanidine groups is 1. The van der Waals surface area contributed by atoms with Gasteiger partial charge in [0.1, 0.15) is 5.75 Å². The van der Waals surface area contributed by atoms with Gasteiger partial charge in [-0.25, -0.2) is 9.79 Å². The summed E-state index contributed by atoms with van der Waals surface area (Å²) in [5.41, 5.74) is 2.01. The van der Waals surface area contributed by atoms with Crippen molar-refractivity contribution in [3.8, 4) is 5.75 Å². The molecule has 3 aliphatic heterocycles. The van der Waals surface area contributed by atoms with Gasteiger partial charge in [0, 0.05) is 37.7 Å². The molecule has 9 nitrogen and oxygen atoms in total. The molecule has 3 aliphatic rings.